The smallest absolute Gasteiger partial charge is 0.161 e. The Kier molecular flexibility index (Phi) is 9.44. The van der Waals surface area contributed by atoms with Gasteiger partial charge in [-0.2, -0.15) is 0 Å². The van der Waals surface area contributed by atoms with Crippen LogP contribution in [-0.4, -0.2) is 18.5 Å². The number of carbonyl (C=O) groups excluding carboxylic acids is 1. The van der Waals surface area contributed by atoms with Gasteiger partial charge in [0.05, 0.1) is 0 Å². The SMILES string of the molecule is CC(C)C(=O)COC1C#CCCCCC1.CC(C)C1C2CCC#CCCC21. The van der Waals surface area contributed by atoms with Gasteiger partial charge in [0.25, 0.3) is 0 Å². The summed E-state index contributed by atoms with van der Waals surface area (Å²) in [6.45, 7) is 8.76. The van der Waals surface area contributed by atoms with Crippen molar-refractivity contribution >= 4 is 5.78 Å². The Labute approximate surface area is 167 Å². The van der Waals surface area contributed by atoms with Gasteiger partial charge < -0.3 is 4.74 Å². The van der Waals surface area contributed by atoms with Crippen LogP contribution in [0, 0.1) is 53.3 Å². The molecule has 1 saturated carbocycles. The van der Waals surface area contributed by atoms with E-state index in [9.17, 15) is 4.79 Å². The molecule has 27 heavy (non-hydrogen) atoms. The van der Waals surface area contributed by atoms with Gasteiger partial charge >= 0.3 is 0 Å². The van der Waals surface area contributed by atoms with Crippen LogP contribution in [0.15, 0.2) is 0 Å². The fourth-order valence-electron chi connectivity index (χ4n) is 4.38. The summed E-state index contributed by atoms with van der Waals surface area (Å²) >= 11 is 0. The fraction of sp³-hybridized carbons (Fsp3) is 0.800. The zero-order valence-corrected chi connectivity index (χ0v) is 17.9. The number of ether oxygens (including phenoxy) is 1. The van der Waals surface area contributed by atoms with Crippen LogP contribution < -0.4 is 0 Å². The van der Waals surface area contributed by atoms with Gasteiger partial charge in [-0.1, -0.05) is 40.0 Å². The minimum absolute atomic E-state index is 0.0204. The van der Waals surface area contributed by atoms with Gasteiger partial charge in [-0.3, -0.25) is 4.79 Å². The van der Waals surface area contributed by atoms with Crippen LogP contribution in [0.2, 0.25) is 0 Å². The first kappa shape index (κ1) is 22.0. The van der Waals surface area contributed by atoms with Crippen LogP contribution in [0.25, 0.3) is 0 Å². The highest BCUT2D eigenvalue weighted by atomic mass is 16.5. The molecule has 0 radical (unpaired) electrons. The normalized spacial score (nSPS) is 29.3. The highest BCUT2D eigenvalue weighted by molar-refractivity contribution is 5.81. The van der Waals surface area contributed by atoms with Gasteiger partial charge in [-0.25, -0.2) is 0 Å². The van der Waals surface area contributed by atoms with E-state index >= 15 is 0 Å². The highest BCUT2D eigenvalue weighted by Gasteiger charge is 2.49. The molecule has 0 bridgehead atoms. The lowest BCUT2D eigenvalue weighted by molar-refractivity contribution is -0.127. The number of ketones is 1. The van der Waals surface area contributed by atoms with Crippen molar-refractivity contribution in [3.8, 4) is 23.7 Å². The molecule has 2 heteroatoms. The third-order valence-electron chi connectivity index (χ3n) is 6.10. The van der Waals surface area contributed by atoms with E-state index in [-0.39, 0.29) is 24.4 Å². The van der Waals surface area contributed by atoms with Gasteiger partial charge in [0.15, 0.2) is 5.78 Å². The molecule has 0 aromatic rings. The zero-order chi connectivity index (χ0) is 19.6. The molecular weight excluding hydrogens is 332 g/mol. The second-order valence-electron chi connectivity index (χ2n) is 8.92. The first-order chi connectivity index (χ1) is 13.0. The summed E-state index contributed by atoms with van der Waals surface area (Å²) in [5, 5.41) is 0. The highest BCUT2D eigenvalue weighted by Crippen LogP contribution is 2.55. The number of rotatable bonds is 5. The lowest BCUT2D eigenvalue weighted by Gasteiger charge is -2.14. The first-order valence-corrected chi connectivity index (χ1v) is 11.1. The Balaban J connectivity index is 0.000000198. The molecule has 150 valence electrons. The molecule has 0 spiro atoms. The average molecular weight is 371 g/mol. The maximum Gasteiger partial charge on any atom is 0.161 e. The average Bonchev–Trinajstić information content (AvgIpc) is 3.25. The standard InChI is InChI=1S/C13H20O2.C12H18/c1-11(2)13(14)10-15-12-8-6-4-3-5-7-9-12;1-9(2)12-10-7-5-3-4-6-8-11(10)12/h11-12H,3-6,8,10H2,1-2H3;9-12H,5-8H2,1-2H3. The molecular formula is C25H38O2. The summed E-state index contributed by atoms with van der Waals surface area (Å²) in [6.07, 6.45) is 10.6. The summed E-state index contributed by atoms with van der Waals surface area (Å²) < 4.78 is 5.52. The van der Waals surface area contributed by atoms with Gasteiger partial charge in [-0.05, 0) is 55.8 Å². The first-order valence-electron chi connectivity index (χ1n) is 11.1. The summed E-state index contributed by atoms with van der Waals surface area (Å²) in [7, 11) is 0. The van der Waals surface area contributed by atoms with Crippen molar-refractivity contribution in [2.75, 3.05) is 6.61 Å². The molecule has 0 heterocycles. The Hall–Kier alpha value is -1.25. The second-order valence-corrected chi connectivity index (χ2v) is 8.92. The predicted molar refractivity (Wildman–Crippen MR) is 112 cm³/mol. The van der Waals surface area contributed by atoms with Crippen molar-refractivity contribution in [1.82, 2.24) is 0 Å². The summed E-state index contributed by atoms with van der Waals surface area (Å²) in [6, 6.07) is 0. The topological polar surface area (TPSA) is 26.3 Å². The van der Waals surface area contributed by atoms with E-state index in [4.69, 9.17) is 4.74 Å². The molecule has 3 atom stereocenters. The summed E-state index contributed by atoms with van der Waals surface area (Å²) in [5.41, 5.74) is 0. The molecule has 3 aliphatic carbocycles. The van der Waals surface area contributed by atoms with Crippen molar-refractivity contribution in [2.45, 2.75) is 91.6 Å². The number of hydrogen-bond donors (Lipinski definition) is 0. The van der Waals surface area contributed by atoms with E-state index in [0.29, 0.717) is 0 Å². The molecule has 1 fully saturated rings. The van der Waals surface area contributed by atoms with E-state index in [1.165, 1.54) is 25.7 Å². The lowest BCUT2D eigenvalue weighted by Crippen LogP contribution is -2.20. The van der Waals surface area contributed by atoms with Gasteiger partial charge in [0.1, 0.15) is 12.7 Å². The fourth-order valence-corrected chi connectivity index (χ4v) is 4.38. The second kappa shape index (κ2) is 11.6. The van der Waals surface area contributed by atoms with E-state index in [2.05, 4.69) is 37.5 Å². The monoisotopic (exact) mass is 370 g/mol. The molecule has 2 nitrogen and oxygen atoms in total. The number of carbonyl (C=O) groups is 1. The molecule has 3 unspecified atom stereocenters. The molecule has 0 N–H and O–H groups in total. The van der Waals surface area contributed by atoms with E-state index < -0.39 is 0 Å². The Morgan fingerprint density at radius 2 is 1.56 bits per heavy atom. The van der Waals surface area contributed by atoms with Crippen LogP contribution in [0.1, 0.15) is 85.5 Å². The van der Waals surface area contributed by atoms with Crippen LogP contribution in [0.4, 0.5) is 0 Å². The van der Waals surface area contributed by atoms with Gasteiger partial charge in [-0.15, -0.1) is 17.8 Å². The van der Waals surface area contributed by atoms with Crippen molar-refractivity contribution in [1.29, 1.82) is 0 Å². The van der Waals surface area contributed by atoms with Crippen molar-refractivity contribution in [3.63, 3.8) is 0 Å². The predicted octanol–water partition coefficient (Wildman–Crippen LogP) is 5.65. The summed E-state index contributed by atoms with van der Waals surface area (Å²) in [4.78, 5) is 11.4. The quantitative estimate of drug-likeness (QED) is 0.585. The molecule has 0 aliphatic heterocycles. The van der Waals surface area contributed by atoms with Gasteiger partial charge in [0.2, 0.25) is 0 Å². The minimum atomic E-state index is -0.0204. The molecule has 3 rings (SSSR count). The largest absolute Gasteiger partial charge is 0.358 e. The summed E-state index contributed by atoms with van der Waals surface area (Å²) in [5.74, 6) is 16.9. The van der Waals surface area contributed by atoms with Crippen molar-refractivity contribution < 1.29 is 9.53 Å². The van der Waals surface area contributed by atoms with E-state index in [1.807, 2.05) is 13.8 Å². The Bertz CT molecular complexity index is 563. The van der Waals surface area contributed by atoms with Crippen molar-refractivity contribution in [3.05, 3.63) is 0 Å². The molecule has 0 saturated heterocycles. The molecule has 0 aromatic heterocycles. The van der Waals surface area contributed by atoms with Gasteiger partial charge in [0, 0.05) is 25.2 Å². The van der Waals surface area contributed by atoms with E-state index in [1.54, 1.807) is 0 Å². The maximum atomic E-state index is 11.4. The van der Waals surface area contributed by atoms with Crippen LogP contribution in [0.5, 0.6) is 0 Å². The number of Topliss-reactive ketones (excluding diaryl/α,β-unsaturated/α-hetero) is 1. The van der Waals surface area contributed by atoms with Crippen LogP contribution >= 0.6 is 0 Å². The number of fused-ring (bicyclic) bond motifs is 1. The lowest BCUT2D eigenvalue weighted by atomic mass is 10.0. The number of hydrogen-bond acceptors (Lipinski definition) is 2. The third-order valence-corrected chi connectivity index (χ3v) is 6.10. The zero-order valence-electron chi connectivity index (χ0n) is 17.9. The van der Waals surface area contributed by atoms with Crippen LogP contribution in [0.3, 0.4) is 0 Å². The third kappa shape index (κ3) is 7.71. The van der Waals surface area contributed by atoms with Crippen molar-refractivity contribution in [2.24, 2.45) is 29.6 Å². The molecule has 0 amide bonds. The van der Waals surface area contributed by atoms with E-state index in [0.717, 1.165) is 55.8 Å². The Morgan fingerprint density at radius 1 is 0.889 bits per heavy atom. The molecule has 3 aliphatic rings. The maximum absolute atomic E-state index is 11.4. The minimum Gasteiger partial charge on any atom is -0.358 e. The Morgan fingerprint density at radius 3 is 2.15 bits per heavy atom. The van der Waals surface area contributed by atoms with Crippen LogP contribution in [-0.2, 0) is 9.53 Å². The molecule has 0 aromatic carbocycles.